The lowest BCUT2D eigenvalue weighted by Crippen LogP contribution is -2.46. The highest BCUT2D eigenvalue weighted by Gasteiger charge is 2.16. The lowest BCUT2D eigenvalue weighted by atomic mass is 10.1. The molecule has 0 aliphatic rings. The summed E-state index contributed by atoms with van der Waals surface area (Å²) < 4.78 is 29.6. The average molecular weight is 405 g/mol. The molecule has 2 amide bonds. The van der Waals surface area contributed by atoms with Crippen LogP contribution in [0.1, 0.15) is 28.4 Å². The second-order valence-electron chi connectivity index (χ2n) is 6.04. The topological polar surface area (TPSA) is 114 Å². The molecule has 8 nitrogen and oxygen atoms in total. The van der Waals surface area contributed by atoms with Gasteiger partial charge in [0.05, 0.1) is 18.0 Å². The van der Waals surface area contributed by atoms with Crippen molar-refractivity contribution in [2.45, 2.75) is 25.7 Å². The van der Waals surface area contributed by atoms with Crippen LogP contribution in [0.2, 0.25) is 0 Å². The van der Waals surface area contributed by atoms with E-state index in [0.29, 0.717) is 17.9 Å². The van der Waals surface area contributed by atoms with E-state index in [1.807, 2.05) is 31.7 Å². The van der Waals surface area contributed by atoms with Gasteiger partial charge in [0.2, 0.25) is 0 Å². The number of aryl methyl sites for hydroxylation is 2. The van der Waals surface area contributed by atoms with Crippen molar-refractivity contribution in [3.05, 3.63) is 59.2 Å². The van der Waals surface area contributed by atoms with Crippen LogP contribution in [0.4, 0.5) is 0 Å². The largest absolute Gasteiger partial charge is 0.494 e. The maximum absolute atomic E-state index is 12.2. The minimum Gasteiger partial charge on any atom is -0.494 e. The van der Waals surface area contributed by atoms with E-state index in [1.54, 1.807) is 12.1 Å². The van der Waals surface area contributed by atoms with E-state index in [1.165, 1.54) is 24.3 Å². The highest BCUT2D eigenvalue weighted by Crippen LogP contribution is 2.15. The van der Waals surface area contributed by atoms with Gasteiger partial charge in [0.25, 0.3) is 21.8 Å². The Kier molecular flexibility index (Phi) is 7.13. The Bertz CT molecular complexity index is 956. The van der Waals surface area contributed by atoms with Crippen LogP contribution in [0.25, 0.3) is 0 Å². The van der Waals surface area contributed by atoms with E-state index < -0.39 is 21.8 Å². The molecule has 0 bridgehead atoms. The number of amides is 2. The van der Waals surface area contributed by atoms with Crippen molar-refractivity contribution in [3.8, 4) is 5.75 Å². The van der Waals surface area contributed by atoms with Gasteiger partial charge in [-0.05, 0) is 68.3 Å². The van der Waals surface area contributed by atoms with Gasteiger partial charge in [-0.3, -0.25) is 15.0 Å². The third-order valence-electron chi connectivity index (χ3n) is 3.95. The van der Waals surface area contributed by atoms with E-state index in [-0.39, 0.29) is 11.4 Å². The lowest BCUT2D eigenvalue weighted by molar-refractivity contribution is -0.120. The molecule has 0 atom stereocenters. The number of sulfonamides is 1. The molecule has 2 aromatic carbocycles. The summed E-state index contributed by atoms with van der Waals surface area (Å²) in [5.74, 6) is -0.584. The smallest absolute Gasteiger partial charge is 0.257 e. The fourth-order valence-electron chi connectivity index (χ4n) is 2.25. The SMILES string of the molecule is CCOc1ccc(S(=O)(=O)NNC(=O)CNC(=O)c2ccc(C)c(C)c2)cc1. The Labute approximate surface area is 164 Å². The summed E-state index contributed by atoms with van der Waals surface area (Å²) >= 11 is 0. The molecule has 0 unspecified atom stereocenters. The van der Waals surface area contributed by atoms with Gasteiger partial charge in [0.15, 0.2) is 0 Å². The second kappa shape index (κ2) is 9.34. The molecule has 0 aliphatic carbocycles. The summed E-state index contributed by atoms with van der Waals surface area (Å²) in [6.45, 7) is 5.72. The molecule has 0 aliphatic heterocycles. The van der Waals surface area contributed by atoms with Crippen LogP contribution in [-0.4, -0.2) is 33.4 Å². The first kappa shape index (κ1) is 21.4. The van der Waals surface area contributed by atoms with E-state index in [0.717, 1.165) is 11.1 Å². The van der Waals surface area contributed by atoms with E-state index in [9.17, 15) is 18.0 Å². The zero-order valence-electron chi connectivity index (χ0n) is 15.9. The zero-order valence-corrected chi connectivity index (χ0v) is 16.7. The number of carbonyl (C=O) groups excluding carboxylic acids is 2. The highest BCUT2D eigenvalue weighted by atomic mass is 32.2. The minimum atomic E-state index is -3.94. The van der Waals surface area contributed by atoms with Crippen LogP contribution >= 0.6 is 0 Å². The van der Waals surface area contributed by atoms with Crippen LogP contribution < -0.4 is 20.3 Å². The molecule has 0 saturated heterocycles. The molecule has 0 heterocycles. The van der Waals surface area contributed by atoms with Crippen molar-refractivity contribution in [1.29, 1.82) is 0 Å². The number of carbonyl (C=O) groups is 2. The molecule has 9 heteroatoms. The summed E-state index contributed by atoms with van der Waals surface area (Å²) in [6.07, 6.45) is 0. The number of hydrazine groups is 1. The Morgan fingerprint density at radius 2 is 1.68 bits per heavy atom. The van der Waals surface area contributed by atoms with Crippen molar-refractivity contribution in [2.24, 2.45) is 0 Å². The van der Waals surface area contributed by atoms with Gasteiger partial charge >= 0.3 is 0 Å². The molecular weight excluding hydrogens is 382 g/mol. The summed E-state index contributed by atoms with van der Waals surface area (Å²) in [5.41, 5.74) is 4.50. The summed E-state index contributed by atoms with van der Waals surface area (Å²) in [4.78, 5) is 25.9. The monoisotopic (exact) mass is 405 g/mol. The number of benzene rings is 2. The molecule has 0 radical (unpaired) electrons. The molecule has 3 N–H and O–H groups in total. The maximum atomic E-state index is 12.2. The highest BCUT2D eigenvalue weighted by molar-refractivity contribution is 7.89. The molecular formula is C19H23N3O5S. The predicted molar refractivity (Wildman–Crippen MR) is 104 cm³/mol. The van der Waals surface area contributed by atoms with Crippen molar-refractivity contribution < 1.29 is 22.7 Å². The molecule has 0 aromatic heterocycles. The zero-order chi connectivity index (χ0) is 20.7. The molecule has 2 aromatic rings. The van der Waals surface area contributed by atoms with Crippen molar-refractivity contribution in [3.63, 3.8) is 0 Å². The Morgan fingerprint density at radius 3 is 2.29 bits per heavy atom. The normalized spacial score (nSPS) is 11.0. The molecule has 150 valence electrons. The van der Waals surface area contributed by atoms with E-state index in [4.69, 9.17) is 4.74 Å². The maximum Gasteiger partial charge on any atom is 0.257 e. The third-order valence-corrected chi connectivity index (χ3v) is 5.21. The number of hydrogen-bond donors (Lipinski definition) is 3. The van der Waals surface area contributed by atoms with Crippen LogP contribution in [0.3, 0.4) is 0 Å². The van der Waals surface area contributed by atoms with Crippen LogP contribution in [-0.2, 0) is 14.8 Å². The fourth-order valence-corrected chi connectivity index (χ4v) is 3.11. The average Bonchev–Trinajstić information content (AvgIpc) is 2.67. The Morgan fingerprint density at radius 1 is 1.00 bits per heavy atom. The summed E-state index contributed by atoms with van der Waals surface area (Å²) in [7, 11) is -3.94. The molecule has 28 heavy (non-hydrogen) atoms. The lowest BCUT2D eigenvalue weighted by Gasteiger charge is -2.10. The summed E-state index contributed by atoms with van der Waals surface area (Å²) in [5, 5.41) is 2.44. The van der Waals surface area contributed by atoms with Crippen molar-refractivity contribution in [2.75, 3.05) is 13.2 Å². The predicted octanol–water partition coefficient (Wildman–Crippen LogP) is 1.44. The number of hydrogen-bond acceptors (Lipinski definition) is 5. The van der Waals surface area contributed by atoms with Crippen molar-refractivity contribution in [1.82, 2.24) is 15.6 Å². The van der Waals surface area contributed by atoms with Gasteiger partial charge in [0.1, 0.15) is 5.75 Å². The number of ether oxygens (including phenoxy) is 1. The van der Waals surface area contributed by atoms with Crippen molar-refractivity contribution >= 4 is 21.8 Å². The molecule has 2 rings (SSSR count). The third kappa shape index (κ3) is 5.80. The number of rotatable bonds is 8. The minimum absolute atomic E-state index is 0.0320. The summed E-state index contributed by atoms with van der Waals surface area (Å²) in [6, 6.07) is 11.0. The molecule has 0 spiro atoms. The van der Waals surface area contributed by atoms with Gasteiger partial charge in [-0.25, -0.2) is 8.42 Å². The van der Waals surface area contributed by atoms with Crippen LogP contribution in [0.15, 0.2) is 47.4 Å². The van der Waals surface area contributed by atoms with Gasteiger partial charge in [-0.2, -0.15) is 0 Å². The molecule has 0 fully saturated rings. The van der Waals surface area contributed by atoms with Gasteiger partial charge in [-0.1, -0.05) is 6.07 Å². The van der Waals surface area contributed by atoms with Gasteiger partial charge < -0.3 is 10.1 Å². The van der Waals surface area contributed by atoms with Gasteiger partial charge in [-0.15, -0.1) is 4.83 Å². The first-order chi connectivity index (χ1) is 13.2. The fraction of sp³-hybridized carbons (Fsp3) is 0.263. The van der Waals surface area contributed by atoms with Crippen LogP contribution in [0.5, 0.6) is 5.75 Å². The Balaban J connectivity index is 1.87. The van der Waals surface area contributed by atoms with E-state index >= 15 is 0 Å². The van der Waals surface area contributed by atoms with Gasteiger partial charge in [0, 0.05) is 5.56 Å². The number of nitrogens with one attached hydrogen (secondary N) is 3. The quantitative estimate of drug-likeness (QED) is 0.575. The van der Waals surface area contributed by atoms with E-state index in [2.05, 4.69) is 10.7 Å². The van der Waals surface area contributed by atoms with Crippen LogP contribution in [0, 0.1) is 13.8 Å². The first-order valence-electron chi connectivity index (χ1n) is 8.62. The molecule has 0 saturated carbocycles. The Hall–Kier alpha value is -2.91. The standard InChI is InChI=1S/C19H23N3O5S/c1-4-27-16-7-9-17(10-8-16)28(25,26)22-21-18(23)12-20-19(24)15-6-5-13(2)14(3)11-15/h5-11,22H,4,12H2,1-3H3,(H,20,24)(H,21,23). The first-order valence-corrected chi connectivity index (χ1v) is 10.1. The second-order valence-corrected chi connectivity index (χ2v) is 7.72.